The zero-order chi connectivity index (χ0) is 22.3. The van der Waals surface area contributed by atoms with Crippen molar-refractivity contribution in [1.82, 2.24) is 0 Å². The number of unbranched alkanes of at least 4 members (excludes halogenated alkanes) is 7. The predicted octanol–water partition coefficient (Wildman–Crippen LogP) is 5.93. The molecule has 0 N–H and O–H groups in total. The fraction of sp³-hybridized carbons (Fsp3) is 0.419. The van der Waals surface area contributed by atoms with E-state index in [0.717, 1.165) is 0 Å². The second-order valence-electron chi connectivity index (χ2n) is 9.47. The Kier molecular flexibility index (Phi) is 13.6. The molecule has 2 heteroatoms. The number of benzene rings is 3. The Morgan fingerprint density at radius 1 is 0.455 bits per heavy atom. The molecule has 3 aromatic rings. The van der Waals surface area contributed by atoms with Crippen LogP contribution in [-0.2, 0) is 15.6 Å². The first-order valence-electron chi connectivity index (χ1n) is 12.8. The van der Waals surface area contributed by atoms with Crippen LogP contribution in [0.25, 0.3) is 0 Å². The van der Waals surface area contributed by atoms with Gasteiger partial charge in [0.25, 0.3) is 0 Å². The van der Waals surface area contributed by atoms with Crippen LogP contribution in [0.1, 0.15) is 75.0 Å². The number of hydrogen-bond donors (Lipinski definition) is 0. The topological polar surface area (TPSA) is 0 Å². The minimum absolute atomic E-state index is 0. The summed E-state index contributed by atoms with van der Waals surface area (Å²) in [7, 11) is 0. The quantitative estimate of drug-likeness (QED) is 0.171. The van der Waals surface area contributed by atoms with Crippen LogP contribution in [0, 0.1) is 0 Å². The maximum atomic E-state index is 2.36. The summed E-state index contributed by atoms with van der Waals surface area (Å²) in [6.07, 6.45) is 11.3. The zero-order valence-corrected chi connectivity index (χ0v) is 23.1. The molecule has 0 radical (unpaired) electrons. The van der Waals surface area contributed by atoms with Gasteiger partial charge in [0, 0.05) is 0 Å². The van der Waals surface area contributed by atoms with Gasteiger partial charge in [-0.1, -0.05) is 0 Å². The Morgan fingerprint density at radius 3 is 1.15 bits per heavy atom. The van der Waals surface area contributed by atoms with Crippen LogP contribution in [0.2, 0.25) is 5.21 Å². The molecule has 0 spiro atoms. The zero-order valence-electron chi connectivity index (χ0n) is 20.5. The van der Waals surface area contributed by atoms with Crippen molar-refractivity contribution in [3.63, 3.8) is 0 Å². The third-order valence-corrected chi connectivity index (χ3v) is 15.7. The minimum atomic E-state index is -2.04. The Labute approximate surface area is 212 Å². The summed E-state index contributed by atoms with van der Waals surface area (Å²) in [6, 6.07) is 34.0. The monoisotopic (exact) mass is 524 g/mol. The Bertz CT molecular complexity index is 746. The van der Waals surface area contributed by atoms with Crippen LogP contribution in [0.3, 0.4) is 0 Å². The van der Waals surface area contributed by atoms with Gasteiger partial charge in [-0.05, 0) is 0 Å². The smallest absolute Gasteiger partial charge is 1.00 e. The van der Waals surface area contributed by atoms with E-state index in [2.05, 4.69) is 97.9 Å². The third kappa shape index (κ3) is 10.5. The molecule has 3 aromatic carbocycles. The first-order chi connectivity index (χ1) is 15.8. The van der Waals surface area contributed by atoms with Crippen molar-refractivity contribution < 1.29 is 12.4 Å². The van der Waals surface area contributed by atoms with Gasteiger partial charge in [0.1, 0.15) is 0 Å². The molecule has 0 unspecified atom stereocenters. The Hall–Kier alpha value is -1.49. The van der Waals surface area contributed by atoms with Crippen LogP contribution < -0.4 is 12.4 Å². The van der Waals surface area contributed by atoms with E-state index in [-0.39, 0.29) is 12.4 Å². The maximum Gasteiger partial charge on any atom is -1.00 e. The number of halogens is 1. The second-order valence-corrected chi connectivity index (χ2v) is 18.0. The molecule has 0 aromatic heterocycles. The van der Waals surface area contributed by atoms with E-state index in [1.165, 1.54) is 72.2 Å². The minimum Gasteiger partial charge on any atom is -1.00 e. The maximum absolute atomic E-state index is 2.36. The van der Waals surface area contributed by atoms with E-state index in [0.29, 0.717) is 0 Å². The average Bonchev–Trinajstić information content (AvgIpc) is 2.83. The molecule has 0 nitrogen and oxygen atoms in total. The molecule has 0 heterocycles. The third-order valence-electron chi connectivity index (χ3n) is 6.57. The van der Waals surface area contributed by atoms with Crippen molar-refractivity contribution in [2.24, 2.45) is 0 Å². The summed E-state index contributed by atoms with van der Waals surface area (Å²) < 4.78 is 0. The van der Waals surface area contributed by atoms with Gasteiger partial charge in [0.2, 0.25) is 0 Å². The molecule has 0 fully saturated rings. The fourth-order valence-corrected chi connectivity index (χ4v) is 14.7. The van der Waals surface area contributed by atoms with Crippen LogP contribution >= 0.6 is 0 Å². The van der Waals surface area contributed by atoms with Crippen LogP contribution in [0.5, 0.6) is 0 Å². The molecular weight excluding hydrogens is 483 g/mol. The molecule has 0 aliphatic rings. The van der Waals surface area contributed by atoms with Crippen molar-refractivity contribution in [3.8, 4) is 0 Å². The SMILES string of the molecule is CCCCCCCCCC[As+](Cc1ccccc1)(Cc1ccccc1)Cc1ccccc1.[Cl-]. The summed E-state index contributed by atoms with van der Waals surface area (Å²) in [5.41, 5.74) is 4.64. The molecule has 0 aliphatic carbocycles. The van der Waals surface area contributed by atoms with Crippen molar-refractivity contribution in [3.05, 3.63) is 108 Å². The Balaban J connectivity index is 0.00000385. The van der Waals surface area contributed by atoms with Crippen LogP contribution in [0.15, 0.2) is 91.0 Å². The number of rotatable bonds is 15. The summed E-state index contributed by atoms with van der Waals surface area (Å²) in [4.78, 5) is 0. The molecule has 3 rings (SSSR count). The summed E-state index contributed by atoms with van der Waals surface area (Å²) in [6.45, 7) is 2.30. The number of hydrogen-bond acceptors (Lipinski definition) is 0. The van der Waals surface area contributed by atoms with E-state index in [1.54, 1.807) is 16.7 Å². The van der Waals surface area contributed by atoms with E-state index in [1.807, 2.05) is 0 Å². The van der Waals surface area contributed by atoms with Crippen molar-refractivity contribution in [1.29, 1.82) is 0 Å². The summed E-state index contributed by atoms with van der Waals surface area (Å²) >= 11 is -2.04. The van der Waals surface area contributed by atoms with Crippen molar-refractivity contribution in [2.75, 3.05) is 0 Å². The largest absolute Gasteiger partial charge is 1.00 e. The fourth-order valence-electron chi connectivity index (χ4n) is 4.90. The van der Waals surface area contributed by atoms with Crippen LogP contribution in [0.4, 0.5) is 0 Å². The van der Waals surface area contributed by atoms with Gasteiger partial charge >= 0.3 is 200 Å². The van der Waals surface area contributed by atoms with Gasteiger partial charge < -0.3 is 12.4 Å². The van der Waals surface area contributed by atoms with E-state index >= 15 is 0 Å². The van der Waals surface area contributed by atoms with Gasteiger partial charge in [-0.3, -0.25) is 0 Å². The summed E-state index contributed by atoms with van der Waals surface area (Å²) in [5.74, 6) is 0. The molecular formula is C31H42AsCl. The molecule has 33 heavy (non-hydrogen) atoms. The standard InChI is InChI=1S/C31H42As.ClH/c1-2-3-4-5-6-7-8-18-25-32(26-29-19-12-9-13-20-29,27-30-21-14-10-15-22-30)28-31-23-16-11-17-24-31;/h9-17,19-24H,2-8,18,25-28H2,1H3;1H/q+1;/p-1. The molecule has 0 saturated heterocycles. The molecule has 0 atom stereocenters. The predicted molar refractivity (Wildman–Crippen MR) is 144 cm³/mol. The van der Waals surface area contributed by atoms with Crippen molar-refractivity contribution in [2.45, 2.75) is 79.1 Å². The van der Waals surface area contributed by atoms with E-state index < -0.39 is 13.6 Å². The molecule has 0 aliphatic heterocycles. The van der Waals surface area contributed by atoms with Gasteiger partial charge in [0.15, 0.2) is 0 Å². The molecule has 0 saturated carbocycles. The second kappa shape index (κ2) is 16.2. The van der Waals surface area contributed by atoms with Gasteiger partial charge in [-0.2, -0.15) is 0 Å². The van der Waals surface area contributed by atoms with Crippen molar-refractivity contribution >= 4 is 13.6 Å². The Morgan fingerprint density at radius 2 is 0.788 bits per heavy atom. The van der Waals surface area contributed by atoms with Gasteiger partial charge in [0.05, 0.1) is 0 Å². The first kappa shape index (κ1) is 27.8. The average molecular weight is 525 g/mol. The van der Waals surface area contributed by atoms with Crippen LogP contribution in [-0.4, -0.2) is 13.6 Å². The molecule has 178 valence electrons. The normalized spacial score (nSPS) is 11.2. The van der Waals surface area contributed by atoms with E-state index in [9.17, 15) is 0 Å². The summed E-state index contributed by atoms with van der Waals surface area (Å²) in [5, 5.41) is 5.42. The first-order valence-corrected chi connectivity index (χ1v) is 18.1. The molecule has 0 amide bonds. The van der Waals surface area contributed by atoms with E-state index in [4.69, 9.17) is 0 Å². The van der Waals surface area contributed by atoms with Gasteiger partial charge in [-0.15, -0.1) is 0 Å². The molecule has 0 bridgehead atoms. The van der Waals surface area contributed by atoms with Gasteiger partial charge in [-0.25, -0.2) is 0 Å².